The quantitative estimate of drug-likeness (QED) is 0.450. The molecule has 1 aliphatic rings. The van der Waals surface area contributed by atoms with E-state index in [0.717, 1.165) is 11.1 Å². The number of primary amides is 1. The second kappa shape index (κ2) is 10.8. The van der Waals surface area contributed by atoms with Gasteiger partial charge in [0.25, 0.3) is 0 Å². The molecular weight excluding hydrogens is 482 g/mol. The van der Waals surface area contributed by atoms with Gasteiger partial charge in [-0.05, 0) is 28.8 Å². The van der Waals surface area contributed by atoms with Crippen molar-refractivity contribution < 1.29 is 31.8 Å². The summed E-state index contributed by atoms with van der Waals surface area (Å²) in [5.74, 6) is -1.39. The number of aromatic nitrogens is 2. The monoisotopic (exact) mass is 505 g/mol. The molecule has 1 amide bonds. The molecule has 1 aliphatic heterocycles. The number of hydrogen-bond acceptors (Lipinski definition) is 7. The first kappa shape index (κ1) is 25.2. The van der Waals surface area contributed by atoms with Crippen molar-refractivity contribution >= 4 is 17.5 Å². The minimum Gasteiger partial charge on any atom is -0.406 e. The van der Waals surface area contributed by atoms with Crippen LogP contribution in [0.2, 0.25) is 0 Å². The molecule has 1 fully saturated rings. The zero-order valence-corrected chi connectivity index (χ0v) is 19.0. The lowest BCUT2D eigenvalue weighted by Gasteiger charge is -2.37. The van der Waals surface area contributed by atoms with Crippen LogP contribution in [0.3, 0.4) is 0 Å². The lowest BCUT2D eigenvalue weighted by molar-refractivity contribution is -0.274. The van der Waals surface area contributed by atoms with E-state index in [1.807, 2.05) is 0 Å². The number of carbonyl (C=O) groups excluding carboxylic acids is 1. The first-order valence-corrected chi connectivity index (χ1v) is 11.0. The maximum absolute atomic E-state index is 15.4. The minimum atomic E-state index is -4.79. The number of ether oxygens (including phenoxy) is 2. The van der Waals surface area contributed by atoms with Crippen molar-refractivity contribution in [3.05, 3.63) is 77.4 Å². The molecule has 0 radical (unpaired) electrons. The number of carbonyl (C=O) groups is 1. The third-order valence-electron chi connectivity index (χ3n) is 5.53. The SMILES string of the molecule is NC(=O)Cc1ccc(CNc2ncnc(N3CCOC[C@@H]3c3ccc(OC(F)(F)F)cc3)c2F)cc1. The third-order valence-corrected chi connectivity index (χ3v) is 5.53. The molecule has 1 aromatic heterocycles. The van der Waals surface area contributed by atoms with Gasteiger partial charge in [0.15, 0.2) is 11.6 Å². The van der Waals surface area contributed by atoms with Crippen molar-refractivity contribution in [2.24, 2.45) is 5.73 Å². The van der Waals surface area contributed by atoms with Crippen molar-refractivity contribution in [2.45, 2.75) is 25.4 Å². The number of benzene rings is 2. The van der Waals surface area contributed by atoms with Crippen molar-refractivity contribution in [2.75, 3.05) is 30.0 Å². The van der Waals surface area contributed by atoms with Gasteiger partial charge < -0.3 is 25.4 Å². The van der Waals surface area contributed by atoms with E-state index >= 15 is 4.39 Å². The van der Waals surface area contributed by atoms with Crippen molar-refractivity contribution in [3.8, 4) is 5.75 Å². The number of morpholine rings is 1. The zero-order chi connectivity index (χ0) is 25.7. The first-order valence-electron chi connectivity index (χ1n) is 11.0. The maximum atomic E-state index is 15.4. The summed E-state index contributed by atoms with van der Waals surface area (Å²) in [5.41, 5.74) is 7.43. The summed E-state index contributed by atoms with van der Waals surface area (Å²) >= 11 is 0. The average molecular weight is 505 g/mol. The van der Waals surface area contributed by atoms with Crippen LogP contribution >= 0.6 is 0 Å². The molecule has 12 heteroatoms. The van der Waals surface area contributed by atoms with Gasteiger partial charge >= 0.3 is 6.36 Å². The van der Waals surface area contributed by atoms with E-state index in [0.29, 0.717) is 18.7 Å². The number of hydrogen-bond donors (Lipinski definition) is 2. The molecule has 190 valence electrons. The molecule has 0 aliphatic carbocycles. The van der Waals surface area contributed by atoms with Gasteiger partial charge in [-0.2, -0.15) is 4.39 Å². The topological polar surface area (TPSA) is 103 Å². The molecule has 3 N–H and O–H groups in total. The molecule has 4 rings (SSSR count). The van der Waals surface area contributed by atoms with Crippen molar-refractivity contribution in [3.63, 3.8) is 0 Å². The predicted octanol–water partition coefficient (Wildman–Crippen LogP) is 3.73. The molecule has 2 aromatic carbocycles. The predicted molar refractivity (Wildman–Crippen MR) is 123 cm³/mol. The molecule has 8 nitrogen and oxygen atoms in total. The van der Waals surface area contributed by atoms with E-state index < -0.39 is 24.1 Å². The largest absolute Gasteiger partial charge is 0.573 e. The second-order valence-electron chi connectivity index (χ2n) is 8.07. The Labute approximate surface area is 204 Å². The van der Waals surface area contributed by atoms with Crippen LogP contribution in [0, 0.1) is 5.82 Å². The number of nitrogens with zero attached hydrogens (tertiary/aromatic N) is 3. The summed E-state index contributed by atoms with van der Waals surface area (Å²) in [7, 11) is 0. The number of halogens is 4. The number of alkyl halides is 3. The summed E-state index contributed by atoms with van der Waals surface area (Å²) < 4.78 is 62.3. The molecule has 0 unspecified atom stereocenters. The first-order chi connectivity index (χ1) is 17.2. The van der Waals surface area contributed by atoms with Crippen LogP contribution in [0.15, 0.2) is 54.9 Å². The Balaban J connectivity index is 1.49. The lowest BCUT2D eigenvalue weighted by atomic mass is 10.0. The molecular formula is C24H23F4N5O3. The second-order valence-corrected chi connectivity index (χ2v) is 8.07. The van der Waals surface area contributed by atoms with Gasteiger partial charge in [0.05, 0.1) is 25.7 Å². The molecule has 0 bridgehead atoms. The van der Waals surface area contributed by atoms with Gasteiger partial charge in [-0.3, -0.25) is 4.79 Å². The summed E-state index contributed by atoms with van der Waals surface area (Å²) in [6, 6.07) is 12.0. The van der Waals surface area contributed by atoms with E-state index in [1.165, 1.54) is 30.6 Å². The lowest BCUT2D eigenvalue weighted by Crippen LogP contribution is -2.40. The van der Waals surface area contributed by atoms with Crippen LogP contribution in [0.1, 0.15) is 22.7 Å². The van der Waals surface area contributed by atoms with Crippen LogP contribution in [0.25, 0.3) is 0 Å². The summed E-state index contributed by atoms with van der Waals surface area (Å²) in [4.78, 5) is 20.9. The van der Waals surface area contributed by atoms with Crippen LogP contribution in [-0.4, -0.2) is 42.0 Å². The highest BCUT2D eigenvalue weighted by Gasteiger charge is 2.32. The summed E-state index contributed by atoms with van der Waals surface area (Å²) in [6.45, 7) is 1.12. The number of rotatable bonds is 8. The molecule has 3 aromatic rings. The van der Waals surface area contributed by atoms with Crippen molar-refractivity contribution in [1.29, 1.82) is 0 Å². The van der Waals surface area contributed by atoms with Crippen LogP contribution < -0.4 is 20.7 Å². The Morgan fingerprint density at radius 3 is 2.47 bits per heavy atom. The zero-order valence-electron chi connectivity index (χ0n) is 19.0. The molecule has 0 saturated carbocycles. The number of anilines is 2. The fraction of sp³-hybridized carbons (Fsp3) is 0.292. The van der Waals surface area contributed by atoms with E-state index in [1.54, 1.807) is 29.2 Å². The van der Waals surface area contributed by atoms with Crippen LogP contribution in [-0.2, 0) is 22.5 Å². The highest BCUT2D eigenvalue weighted by atomic mass is 19.4. The van der Waals surface area contributed by atoms with Gasteiger partial charge in [0, 0.05) is 13.1 Å². The minimum absolute atomic E-state index is 0.000351. The van der Waals surface area contributed by atoms with Gasteiger partial charge in [-0.25, -0.2) is 9.97 Å². The Morgan fingerprint density at radius 2 is 1.81 bits per heavy atom. The normalized spacial score (nSPS) is 16.0. The van der Waals surface area contributed by atoms with E-state index in [2.05, 4.69) is 20.0 Å². The smallest absolute Gasteiger partial charge is 0.406 e. The summed E-state index contributed by atoms with van der Waals surface area (Å²) in [6.07, 6.45) is -3.42. The van der Waals surface area contributed by atoms with Crippen molar-refractivity contribution in [1.82, 2.24) is 9.97 Å². The molecule has 2 heterocycles. The van der Waals surface area contributed by atoms with Crippen LogP contribution in [0.4, 0.5) is 29.2 Å². The van der Waals surface area contributed by atoms with Gasteiger partial charge in [0.1, 0.15) is 12.1 Å². The van der Waals surface area contributed by atoms with Crippen LogP contribution in [0.5, 0.6) is 5.75 Å². The van der Waals surface area contributed by atoms with Gasteiger partial charge in [-0.15, -0.1) is 13.2 Å². The average Bonchev–Trinajstić information content (AvgIpc) is 2.84. The Kier molecular flexibility index (Phi) is 7.53. The Hall–Kier alpha value is -3.93. The molecule has 0 spiro atoms. The highest BCUT2D eigenvalue weighted by Crippen LogP contribution is 2.33. The fourth-order valence-corrected chi connectivity index (χ4v) is 3.87. The highest BCUT2D eigenvalue weighted by molar-refractivity contribution is 5.76. The Morgan fingerprint density at radius 1 is 1.11 bits per heavy atom. The van der Waals surface area contributed by atoms with E-state index in [9.17, 15) is 18.0 Å². The fourth-order valence-electron chi connectivity index (χ4n) is 3.87. The number of amides is 1. The summed E-state index contributed by atoms with van der Waals surface area (Å²) in [5, 5.41) is 2.95. The number of nitrogens with two attached hydrogens (primary N) is 1. The number of nitrogens with one attached hydrogen (secondary N) is 1. The van der Waals surface area contributed by atoms with E-state index in [-0.39, 0.29) is 37.0 Å². The van der Waals surface area contributed by atoms with E-state index in [4.69, 9.17) is 10.5 Å². The van der Waals surface area contributed by atoms with Gasteiger partial charge in [-0.1, -0.05) is 36.4 Å². The third kappa shape index (κ3) is 6.39. The van der Waals surface area contributed by atoms with Gasteiger partial charge in [0.2, 0.25) is 11.7 Å². The molecule has 36 heavy (non-hydrogen) atoms. The molecule has 1 atom stereocenters. The maximum Gasteiger partial charge on any atom is 0.573 e. The molecule has 1 saturated heterocycles. The Bertz CT molecular complexity index is 1190. The standard InChI is InChI=1S/C24H23F4N5O3/c25-21-22(30-12-16-3-1-15(2-4-16)11-20(29)34)31-14-32-23(21)33-9-10-35-13-19(33)17-5-7-18(8-6-17)36-24(26,27)28/h1-8,14,19H,9-13H2,(H2,29,34)(H,30,31,32)/t19-/m1/s1.